The van der Waals surface area contributed by atoms with Gasteiger partial charge in [-0.1, -0.05) is 0 Å². The first-order valence-corrected chi connectivity index (χ1v) is 8.43. The van der Waals surface area contributed by atoms with Crippen LogP contribution in [0.5, 0.6) is 11.5 Å². The lowest BCUT2D eigenvalue weighted by molar-refractivity contribution is -0.710. The zero-order chi connectivity index (χ0) is 17.4. The smallest absolute Gasteiger partial charge is 0.278 e. The minimum Gasteiger partial charge on any atom is -0.490 e. The first-order chi connectivity index (χ1) is 10.9. The van der Waals surface area contributed by atoms with Gasteiger partial charge in [-0.2, -0.15) is 0 Å². The summed E-state index contributed by atoms with van der Waals surface area (Å²) in [6.45, 7) is 13.0. The molecule has 0 saturated carbocycles. The van der Waals surface area contributed by atoms with Crippen molar-refractivity contribution in [3.63, 3.8) is 0 Å². The van der Waals surface area contributed by atoms with Crippen LogP contribution >= 0.6 is 0 Å². The summed E-state index contributed by atoms with van der Waals surface area (Å²) < 4.78 is 11.3. The van der Waals surface area contributed by atoms with E-state index in [1.807, 2.05) is 52.8 Å². The average Bonchev–Trinajstić information content (AvgIpc) is 2.48. The molecule has 0 heterocycles. The summed E-state index contributed by atoms with van der Waals surface area (Å²) >= 11 is 0. The highest BCUT2D eigenvalue weighted by Gasteiger charge is 2.21. The average molecular weight is 323 g/mol. The lowest BCUT2D eigenvalue weighted by Crippen LogP contribution is -2.92. The monoisotopic (exact) mass is 323 g/mol. The molecule has 0 aliphatic carbocycles. The molecule has 1 aromatic carbocycles. The van der Waals surface area contributed by atoms with E-state index in [4.69, 9.17) is 9.47 Å². The third-order valence-electron chi connectivity index (χ3n) is 3.52. The van der Waals surface area contributed by atoms with Crippen LogP contribution in [0.1, 0.15) is 53.1 Å². The van der Waals surface area contributed by atoms with Gasteiger partial charge in [0.05, 0.1) is 13.2 Å². The maximum absolute atomic E-state index is 12.0. The molecule has 1 rings (SSSR count). The Morgan fingerprint density at radius 3 is 2.26 bits per heavy atom. The summed E-state index contributed by atoms with van der Waals surface area (Å²) in [4.78, 5) is 12.0. The second-order valence-corrected chi connectivity index (χ2v) is 6.01. The number of nitrogens with one attached hydrogen (secondary N) is 1. The van der Waals surface area contributed by atoms with Gasteiger partial charge in [0.25, 0.3) is 5.91 Å². The second-order valence-electron chi connectivity index (χ2n) is 6.01. The largest absolute Gasteiger partial charge is 0.490 e. The Kier molecular flexibility index (Phi) is 7.89. The Bertz CT molecular complexity index is 503. The van der Waals surface area contributed by atoms with Crippen molar-refractivity contribution in [3.05, 3.63) is 23.8 Å². The molecule has 5 nitrogen and oxygen atoms in total. The molecular weight excluding hydrogens is 292 g/mol. The third kappa shape index (κ3) is 6.10. The van der Waals surface area contributed by atoms with E-state index in [0.717, 1.165) is 17.1 Å². The first-order valence-electron chi connectivity index (χ1n) is 8.43. The van der Waals surface area contributed by atoms with Gasteiger partial charge in [0.2, 0.25) is 0 Å². The molecule has 0 saturated heterocycles. The molecule has 0 aliphatic heterocycles. The van der Waals surface area contributed by atoms with Gasteiger partial charge in [0, 0.05) is 11.6 Å². The quantitative estimate of drug-likeness (QED) is 0.731. The third-order valence-corrected chi connectivity index (χ3v) is 3.52. The van der Waals surface area contributed by atoms with Crippen LogP contribution in [0, 0.1) is 0 Å². The van der Waals surface area contributed by atoms with Gasteiger partial charge in [-0.25, -0.2) is 0 Å². The van der Waals surface area contributed by atoms with Gasteiger partial charge in [-0.05, 0) is 59.7 Å². The Morgan fingerprint density at radius 1 is 1.09 bits per heavy atom. The molecule has 0 aliphatic rings. The fourth-order valence-electron chi connectivity index (χ4n) is 2.40. The van der Waals surface area contributed by atoms with Crippen LogP contribution in [0.15, 0.2) is 18.2 Å². The molecule has 0 spiro atoms. The molecule has 2 atom stereocenters. The van der Waals surface area contributed by atoms with E-state index in [1.54, 1.807) is 0 Å². The summed E-state index contributed by atoms with van der Waals surface area (Å²) in [5.41, 5.74) is 1.11. The van der Waals surface area contributed by atoms with E-state index < -0.39 is 0 Å². The molecule has 0 aromatic heterocycles. The molecule has 0 bridgehead atoms. The normalized spacial score (nSPS) is 13.5. The van der Waals surface area contributed by atoms with Crippen LogP contribution in [-0.2, 0) is 4.79 Å². The summed E-state index contributed by atoms with van der Waals surface area (Å²) in [6.07, 6.45) is 0. The van der Waals surface area contributed by atoms with Crippen molar-refractivity contribution in [3.8, 4) is 11.5 Å². The molecular formula is C18H31N2O3+. The van der Waals surface area contributed by atoms with E-state index in [1.165, 1.54) is 0 Å². The van der Waals surface area contributed by atoms with Crippen LogP contribution in [0.25, 0.3) is 0 Å². The van der Waals surface area contributed by atoms with E-state index in [9.17, 15) is 4.79 Å². The molecule has 3 N–H and O–H groups in total. The maximum Gasteiger partial charge on any atom is 0.278 e. The topological polar surface area (TPSA) is 64.2 Å². The number of quaternary nitrogens is 1. The van der Waals surface area contributed by atoms with Crippen molar-refractivity contribution in [1.82, 2.24) is 5.32 Å². The van der Waals surface area contributed by atoms with Crippen LogP contribution in [0.4, 0.5) is 0 Å². The van der Waals surface area contributed by atoms with Crippen molar-refractivity contribution in [1.29, 1.82) is 0 Å². The lowest BCUT2D eigenvalue weighted by atomic mass is 10.1. The van der Waals surface area contributed by atoms with Gasteiger partial charge < -0.3 is 20.1 Å². The van der Waals surface area contributed by atoms with Gasteiger partial charge in [0.15, 0.2) is 17.5 Å². The van der Waals surface area contributed by atoms with Crippen molar-refractivity contribution in [2.24, 2.45) is 0 Å². The standard InChI is InChI=1S/C18H30N2O3/c1-7-22-16-10-9-15(11-17(16)23-8-2)13(5)20-14(6)18(21)19-12(3)4/h9-14,20H,7-8H2,1-6H3,(H,19,21)/p+1/t13-,14-/m1/s1. The number of rotatable bonds is 9. The predicted molar refractivity (Wildman–Crippen MR) is 91.9 cm³/mol. The van der Waals surface area contributed by atoms with E-state index in [2.05, 4.69) is 17.6 Å². The number of nitrogens with two attached hydrogens (primary N) is 1. The number of carbonyl (C=O) groups is 1. The highest BCUT2D eigenvalue weighted by molar-refractivity contribution is 5.80. The fraction of sp³-hybridized carbons (Fsp3) is 0.611. The molecule has 130 valence electrons. The van der Waals surface area contributed by atoms with Crippen molar-refractivity contribution >= 4 is 5.91 Å². The second kappa shape index (κ2) is 9.40. The maximum atomic E-state index is 12.0. The molecule has 1 aromatic rings. The van der Waals surface area contributed by atoms with E-state index >= 15 is 0 Å². The minimum absolute atomic E-state index is 0.0582. The predicted octanol–water partition coefficient (Wildman–Crippen LogP) is 2.02. The number of carbonyl (C=O) groups excluding carboxylic acids is 1. The minimum atomic E-state index is -0.144. The van der Waals surface area contributed by atoms with Crippen LogP contribution < -0.4 is 20.1 Å². The zero-order valence-corrected chi connectivity index (χ0v) is 15.2. The molecule has 0 radical (unpaired) electrons. The highest BCUT2D eigenvalue weighted by Crippen LogP contribution is 2.30. The van der Waals surface area contributed by atoms with Gasteiger partial charge in [-0.3, -0.25) is 4.79 Å². The van der Waals surface area contributed by atoms with Crippen molar-refractivity contribution < 1.29 is 19.6 Å². The van der Waals surface area contributed by atoms with Crippen molar-refractivity contribution in [2.45, 2.75) is 59.7 Å². The summed E-state index contributed by atoms with van der Waals surface area (Å²) in [6, 6.07) is 6.13. The van der Waals surface area contributed by atoms with Crippen molar-refractivity contribution in [2.75, 3.05) is 13.2 Å². The van der Waals surface area contributed by atoms with Gasteiger partial charge in [-0.15, -0.1) is 0 Å². The fourth-order valence-corrected chi connectivity index (χ4v) is 2.40. The molecule has 0 fully saturated rings. The van der Waals surface area contributed by atoms with E-state index in [-0.39, 0.29) is 24.0 Å². The lowest BCUT2D eigenvalue weighted by Gasteiger charge is -2.19. The Hall–Kier alpha value is -1.75. The van der Waals surface area contributed by atoms with Crippen LogP contribution in [0.2, 0.25) is 0 Å². The molecule has 5 heteroatoms. The first kappa shape index (κ1) is 19.3. The highest BCUT2D eigenvalue weighted by atomic mass is 16.5. The Labute approximate surface area is 139 Å². The van der Waals surface area contributed by atoms with Crippen LogP contribution in [0.3, 0.4) is 0 Å². The number of ether oxygens (including phenoxy) is 2. The number of hydrogen-bond acceptors (Lipinski definition) is 3. The number of benzene rings is 1. The van der Waals surface area contributed by atoms with Crippen LogP contribution in [-0.4, -0.2) is 31.2 Å². The van der Waals surface area contributed by atoms with E-state index in [0.29, 0.717) is 13.2 Å². The summed E-state index contributed by atoms with van der Waals surface area (Å²) in [7, 11) is 0. The molecule has 23 heavy (non-hydrogen) atoms. The molecule has 0 unspecified atom stereocenters. The van der Waals surface area contributed by atoms with Gasteiger partial charge in [0.1, 0.15) is 6.04 Å². The van der Waals surface area contributed by atoms with Gasteiger partial charge >= 0.3 is 0 Å². The Balaban J connectivity index is 2.80. The summed E-state index contributed by atoms with van der Waals surface area (Å²) in [5, 5.41) is 5.00. The Morgan fingerprint density at radius 2 is 1.70 bits per heavy atom. The zero-order valence-electron chi connectivity index (χ0n) is 15.2. The SMILES string of the molecule is CCOc1ccc([C@@H](C)[NH2+][C@H](C)C(=O)NC(C)C)cc1OCC. The number of hydrogen-bond donors (Lipinski definition) is 2. The molecule has 1 amide bonds. The number of amides is 1. The summed E-state index contributed by atoms with van der Waals surface area (Å²) in [5.74, 6) is 1.57.